The van der Waals surface area contributed by atoms with E-state index in [9.17, 15) is 14.4 Å². The van der Waals surface area contributed by atoms with Crippen LogP contribution >= 0.6 is 0 Å². The third-order valence-electron chi connectivity index (χ3n) is 5.69. The number of carbonyl (C=O) groups excluding carboxylic acids is 3. The van der Waals surface area contributed by atoms with Crippen LogP contribution in [-0.4, -0.2) is 31.1 Å². The van der Waals surface area contributed by atoms with Gasteiger partial charge in [-0.2, -0.15) is 0 Å². The largest absolute Gasteiger partial charge is 0.467 e. The number of fused-ring (bicyclic) bond motifs is 1. The molecule has 10 heteroatoms. The first-order chi connectivity index (χ1) is 18.1. The summed E-state index contributed by atoms with van der Waals surface area (Å²) < 4.78 is 21.3. The zero-order valence-corrected chi connectivity index (χ0v) is 19.6. The minimum atomic E-state index is -1.07. The molecule has 10 nitrogen and oxygen atoms in total. The lowest BCUT2D eigenvalue weighted by molar-refractivity contribution is -0.126. The third kappa shape index (κ3) is 5.32. The fraction of sp³-hybridized carbons (Fsp3) is 0.148. The Balaban J connectivity index is 1.48. The molecule has 2 aromatic heterocycles. The molecule has 0 spiro atoms. The summed E-state index contributed by atoms with van der Waals surface area (Å²) in [5.74, 6) is 0.0814. The van der Waals surface area contributed by atoms with Crippen LogP contribution in [0, 0.1) is 0 Å². The molecule has 0 aliphatic carbocycles. The van der Waals surface area contributed by atoms with Gasteiger partial charge in [-0.3, -0.25) is 19.3 Å². The zero-order valence-electron chi connectivity index (χ0n) is 19.6. The number of rotatable bonds is 9. The van der Waals surface area contributed by atoms with E-state index >= 15 is 0 Å². The van der Waals surface area contributed by atoms with Crippen LogP contribution in [0.5, 0.6) is 11.5 Å². The maximum Gasteiger partial charge on any atom is 0.287 e. The summed E-state index contributed by atoms with van der Waals surface area (Å²) in [6, 6.07) is 19.3. The van der Waals surface area contributed by atoms with Crippen molar-refractivity contribution in [1.29, 1.82) is 0 Å². The number of hydrogen-bond donors (Lipinski definition) is 2. The molecule has 0 unspecified atom stereocenters. The summed E-state index contributed by atoms with van der Waals surface area (Å²) in [5.41, 5.74) is 0.964. The van der Waals surface area contributed by atoms with Gasteiger partial charge in [-0.05, 0) is 42.0 Å². The van der Waals surface area contributed by atoms with Gasteiger partial charge in [0.15, 0.2) is 17.3 Å². The van der Waals surface area contributed by atoms with E-state index in [0.717, 1.165) is 0 Å². The normalized spacial score (nSPS) is 12.5. The van der Waals surface area contributed by atoms with Crippen LogP contribution in [0.2, 0.25) is 0 Å². The Morgan fingerprint density at radius 1 is 0.838 bits per heavy atom. The van der Waals surface area contributed by atoms with Gasteiger partial charge in [0.1, 0.15) is 11.8 Å². The van der Waals surface area contributed by atoms with Crippen LogP contribution < -0.4 is 25.0 Å². The molecule has 2 N–H and O–H groups in total. The standard InChI is InChI=1S/C27H23N3O7/c31-24(16-29-26(32)22-9-5-13-35-22)30(19-10-11-21-23(14-19)37-17-36-21)25(18-6-2-1-3-7-18)27(33)28-15-20-8-4-12-34-20/h1-14,25H,15-17H2,(H,28,33)(H,29,32)/t25-/m0/s1. The number of amides is 3. The van der Waals surface area contributed by atoms with Crippen molar-refractivity contribution in [2.75, 3.05) is 18.2 Å². The molecule has 0 saturated heterocycles. The molecule has 0 saturated carbocycles. The number of anilines is 1. The maximum absolute atomic E-state index is 13.7. The average molecular weight is 501 g/mol. The predicted molar refractivity (Wildman–Crippen MR) is 131 cm³/mol. The number of furan rings is 2. The Kier molecular flexibility index (Phi) is 6.89. The lowest BCUT2D eigenvalue weighted by Crippen LogP contribution is -2.47. The SMILES string of the molecule is O=C(NCC(=O)N(c1ccc2c(c1)OCO2)[C@H](C(=O)NCc1ccco1)c1ccccc1)c1ccco1. The molecular formula is C27H23N3O7. The second-order valence-electron chi connectivity index (χ2n) is 8.07. The highest BCUT2D eigenvalue weighted by atomic mass is 16.7. The van der Waals surface area contributed by atoms with Crippen LogP contribution in [-0.2, 0) is 16.1 Å². The topological polar surface area (TPSA) is 123 Å². The van der Waals surface area contributed by atoms with Crippen LogP contribution in [0.3, 0.4) is 0 Å². The van der Waals surface area contributed by atoms with Gasteiger partial charge in [-0.1, -0.05) is 30.3 Å². The number of carbonyl (C=O) groups is 3. The quantitative estimate of drug-likeness (QED) is 0.360. The Bertz CT molecular complexity index is 1370. The molecule has 2 aromatic carbocycles. The summed E-state index contributed by atoms with van der Waals surface area (Å²) >= 11 is 0. The lowest BCUT2D eigenvalue weighted by atomic mass is 10.0. The molecule has 1 atom stereocenters. The van der Waals surface area contributed by atoms with Gasteiger partial charge in [0, 0.05) is 11.8 Å². The monoisotopic (exact) mass is 501 g/mol. The molecule has 4 aromatic rings. The van der Waals surface area contributed by atoms with Crippen molar-refractivity contribution in [1.82, 2.24) is 10.6 Å². The van der Waals surface area contributed by atoms with Gasteiger partial charge in [-0.15, -0.1) is 0 Å². The van der Waals surface area contributed by atoms with E-state index in [1.54, 1.807) is 60.7 Å². The smallest absolute Gasteiger partial charge is 0.287 e. The molecule has 0 bridgehead atoms. The summed E-state index contributed by atoms with van der Waals surface area (Å²) in [6.07, 6.45) is 2.88. The van der Waals surface area contributed by atoms with Crippen LogP contribution in [0.4, 0.5) is 5.69 Å². The van der Waals surface area contributed by atoms with Gasteiger partial charge in [0.25, 0.3) is 5.91 Å². The van der Waals surface area contributed by atoms with E-state index in [1.165, 1.54) is 23.5 Å². The fourth-order valence-corrected chi connectivity index (χ4v) is 3.95. The molecule has 0 fully saturated rings. The van der Waals surface area contributed by atoms with E-state index in [0.29, 0.717) is 28.5 Å². The maximum atomic E-state index is 13.7. The molecule has 3 amide bonds. The molecule has 3 heterocycles. The number of hydrogen-bond acceptors (Lipinski definition) is 7. The summed E-state index contributed by atoms with van der Waals surface area (Å²) in [4.78, 5) is 41.1. The lowest BCUT2D eigenvalue weighted by Gasteiger charge is -2.31. The summed E-state index contributed by atoms with van der Waals surface area (Å²) in [6.45, 7) is -0.200. The molecule has 5 rings (SSSR count). The zero-order chi connectivity index (χ0) is 25.6. The molecule has 1 aliphatic heterocycles. The highest BCUT2D eigenvalue weighted by Gasteiger charge is 2.34. The van der Waals surface area contributed by atoms with Gasteiger partial charge in [0.05, 0.1) is 25.6 Å². The van der Waals surface area contributed by atoms with Gasteiger partial charge in [-0.25, -0.2) is 0 Å². The number of ether oxygens (including phenoxy) is 2. The minimum absolute atomic E-state index is 0.0533. The first kappa shape index (κ1) is 23.7. The predicted octanol–water partition coefficient (Wildman–Crippen LogP) is 3.42. The van der Waals surface area contributed by atoms with Gasteiger partial charge < -0.3 is 28.9 Å². The van der Waals surface area contributed by atoms with Gasteiger partial charge >= 0.3 is 0 Å². The van der Waals surface area contributed by atoms with Gasteiger partial charge in [0.2, 0.25) is 18.6 Å². The van der Waals surface area contributed by atoms with Crippen molar-refractivity contribution in [2.24, 2.45) is 0 Å². The van der Waals surface area contributed by atoms with Crippen molar-refractivity contribution in [3.8, 4) is 11.5 Å². The van der Waals surface area contributed by atoms with Crippen molar-refractivity contribution in [3.05, 3.63) is 102 Å². The Morgan fingerprint density at radius 2 is 1.62 bits per heavy atom. The Hall–Kier alpha value is -4.99. The average Bonchev–Trinajstić information content (AvgIpc) is 3.72. The van der Waals surface area contributed by atoms with Crippen LogP contribution in [0.25, 0.3) is 0 Å². The Morgan fingerprint density at radius 3 is 2.38 bits per heavy atom. The molecule has 188 valence electrons. The van der Waals surface area contributed by atoms with Crippen LogP contribution in [0.15, 0.2) is 94.2 Å². The second-order valence-corrected chi connectivity index (χ2v) is 8.07. The van der Waals surface area contributed by atoms with Crippen LogP contribution in [0.1, 0.15) is 27.9 Å². The second kappa shape index (κ2) is 10.7. The first-order valence-corrected chi connectivity index (χ1v) is 11.5. The number of nitrogens with zero attached hydrogens (tertiary/aromatic N) is 1. The van der Waals surface area contributed by atoms with E-state index in [2.05, 4.69) is 10.6 Å². The van der Waals surface area contributed by atoms with E-state index in [1.807, 2.05) is 6.07 Å². The van der Waals surface area contributed by atoms with E-state index in [-0.39, 0.29) is 25.6 Å². The molecule has 0 radical (unpaired) electrons. The van der Waals surface area contributed by atoms with E-state index < -0.39 is 23.8 Å². The fourth-order valence-electron chi connectivity index (χ4n) is 3.95. The van der Waals surface area contributed by atoms with Crippen molar-refractivity contribution < 1.29 is 32.7 Å². The molecule has 37 heavy (non-hydrogen) atoms. The number of nitrogens with one attached hydrogen (secondary N) is 2. The molecule has 1 aliphatic rings. The Labute approximate surface area is 211 Å². The summed E-state index contributed by atoms with van der Waals surface area (Å²) in [7, 11) is 0. The highest BCUT2D eigenvalue weighted by molar-refractivity contribution is 6.04. The number of benzene rings is 2. The molecular weight excluding hydrogens is 478 g/mol. The highest BCUT2D eigenvalue weighted by Crippen LogP contribution is 2.38. The first-order valence-electron chi connectivity index (χ1n) is 11.5. The van der Waals surface area contributed by atoms with E-state index in [4.69, 9.17) is 18.3 Å². The van der Waals surface area contributed by atoms with Crippen molar-refractivity contribution in [2.45, 2.75) is 12.6 Å². The van der Waals surface area contributed by atoms with Crippen molar-refractivity contribution >= 4 is 23.4 Å². The summed E-state index contributed by atoms with van der Waals surface area (Å²) in [5, 5.41) is 5.40. The van der Waals surface area contributed by atoms with Crippen molar-refractivity contribution in [3.63, 3.8) is 0 Å². The third-order valence-corrected chi connectivity index (χ3v) is 5.69. The minimum Gasteiger partial charge on any atom is -0.467 e.